The number of para-hydroxylation sites is 2. The molecule has 9 aromatic carbocycles. The van der Waals surface area contributed by atoms with E-state index in [1.54, 1.807) is 0 Å². The number of hydrogen-bond donors (Lipinski definition) is 0. The number of fused-ring (bicyclic) bond motifs is 18. The van der Waals surface area contributed by atoms with Crippen LogP contribution in [0.3, 0.4) is 0 Å². The minimum atomic E-state index is -0.510. The summed E-state index contributed by atoms with van der Waals surface area (Å²) in [4.78, 5) is 5.57. The molecule has 0 saturated heterocycles. The van der Waals surface area contributed by atoms with Gasteiger partial charge in [-0.25, -0.2) is 0 Å². The number of rotatable bonds is 2. The molecule has 0 fully saturated rings. The fourth-order valence-corrected chi connectivity index (χ4v) is 15.8. The van der Waals surface area contributed by atoms with Gasteiger partial charge in [0.05, 0.1) is 16.8 Å². The van der Waals surface area contributed by atoms with Gasteiger partial charge in [-0.15, -0.1) is 11.3 Å². The molecule has 0 N–H and O–H groups in total. The summed E-state index contributed by atoms with van der Waals surface area (Å²) in [6.45, 7) is 24.0. The van der Waals surface area contributed by atoms with Crippen LogP contribution in [0.25, 0.3) is 53.6 Å². The van der Waals surface area contributed by atoms with E-state index >= 15 is 0 Å². The summed E-state index contributed by atoms with van der Waals surface area (Å²) in [7, 11) is 0. The molecule has 75 heavy (non-hydrogen) atoms. The molecule has 0 bridgehead atoms. The van der Waals surface area contributed by atoms with Gasteiger partial charge in [-0.05, 0) is 155 Å². The number of benzene rings is 9. The van der Waals surface area contributed by atoms with Gasteiger partial charge in [0.25, 0.3) is 0 Å². The molecule has 0 atom stereocenters. The summed E-state index contributed by atoms with van der Waals surface area (Å²) in [5, 5.41) is 2.74. The highest BCUT2D eigenvalue weighted by atomic mass is 32.1. The molecule has 10 aromatic rings. The largest absolute Gasteiger partial charge is 0.376 e. The van der Waals surface area contributed by atoms with Crippen LogP contribution in [0.2, 0.25) is 0 Å². The molecule has 0 unspecified atom stereocenters. The van der Waals surface area contributed by atoms with E-state index in [0.717, 1.165) is 0 Å². The van der Waals surface area contributed by atoms with Crippen LogP contribution in [-0.4, -0.2) is 6.85 Å². The van der Waals surface area contributed by atoms with E-state index in [2.05, 4.69) is 255 Å². The van der Waals surface area contributed by atoms with Crippen LogP contribution in [0.5, 0.6) is 0 Å². The lowest BCUT2D eigenvalue weighted by Gasteiger charge is -2.52. The lowest BCUT2D eigenvalue weighted by molar-refractivity contribution is 0.332. The topological polar surface area (TPSA) is 6.48 Å². The fourth-order valence-electron chi connectivity index (χ4n) is 14.7. The molecule has 4 heterocycles. The van der Waals surface area contributed by atoms with Gasteiger partial charge < -0.3 is 9.71 Å². The second-order valence-corrected chi connectivity index (χ2v) is 26.9. The Balaban J connectivity index is 1.13. The molecule has 4 heteroatoms. The Morgan fingerprint density at radius 1 is 0.440 bits per heavy atom. The van der Waals surface area contributed by atoms with Gasteiger partial charge in [-0.2, -0.15) is 0 Å². The summed E-state index contributed by atoms with van der Waals surface area (Å²) < 4.78 is 2.72. The van der Waals surface area contributed by atoms with Crippen molar-refractivity contribution in [3.8, 4) is 33.4 Å². The summed E-state index contributed by atoms with van der Waals surface area (Å²) in [6, 6.07) is 69.3. The Kier molecular flexibility index (Phi) is 9.08. The molecule has 1 spiro atoms. The zero-order valence-electron chi connectivity index (χ0n) is 45.0. The van der Waals surface area contributed by atoms with Crippen LogP contribution in [0.1, 0.15) is 127 Å². The summed E-state index contributed by atoms with van der Waals surface area (Å²) in [5.41, 5.74) is 27.4. The maximum atomic E-state index is 2.81. The lowest BCUT2D eigenvalue weighted by atomic mass is 9.42. The number of hydrogen-bond acceptors (Lipinski definition) is 3. The third-order valence-corrected chi connectivity index (χ3v) is 19.7. The molecule has 0 radical (unpaired) electrons. The molecule has 0 amide bonds. The van der Waals surface area contributed by atoms with E-state index < -0.39 is 5.41 Å². The first kappa shape index (κ1) is 45.3. The van der Waals surface area contributed by atoms with Gasteiger partial charge in [0, 0.05) is 48.4 Å². The van der Waals surface area contributed by atoms with Crippen molar-refractivity contribution in [1.29, 1.82) is 0 Å². The molecule has 0 saturated carbocycles. The van der Waals surface area contributed by atoms with Crippen LogP contribution >= 0.6 is 11.3 Å². The van der Waals surface area contributed by atoms with Crippen molar-refractivity contribution in [2.75, 3.05) is 9.71 Å². The van der Waals surface area contributed by atoms with Crippen LogP contribution in [0.15, 0.2) is 176 Å². The van der Waals surface area contributed by atoms with Gasteiger partial charge in [0.1, 0.15) is 0 Å². The van der Waals surface area contributed by atoms with Crippen molar-refractivity contribution in [2.45, 2.75) is 109 Å². The summed E-state index contributed by atoms with van der Waals surface area (Å²) in [5.74, 6) is 0. The highest BCUT2D eigenvalue weighted by Gasteiger charge is 2.56. The number of anilines is 5. The molecule has 366 valence electrons. The quantitative estimate of drug-likeness (QED) is 0.159. The molecule has 5 aliphatic rings. The number of nitrogens with zero attached hydrogens (tertiary/aromatic N) is 2. The normalized spacial score (nSPS) is 16.8. The van der Waals surface area contributed by atoms with Crippen molar-refractivity contribution >= 4 is 77.7 Å². The average molecular weight is 987 g/mol. The zero-order chi connectivity index (χ0) is 51.3. The van der Waals surface area contributed by atoms with E-state index in [0.29, 0.717) is 0 Å². The van der Waals surface area contributed by atoms with E-state index in [-0.39, 0.29) is 28.5 Å². The van der Waals surface area contributed by atoms with Gasteiger partial charge >= 0.3 is 6.85 Å². The SMILES string of the molecule is CC(C)(C)c1ccc(N2c3cc(C(C)(C)C)cc4c3B(c3ccc5sc6cc7c(cc6c5c32)C(C)(C)CCC7(C)C)N2c3ccccc3C3(c5ccccc5-c5ccccc53)c3cccc-4c32)c(-c2ccccc2)c1. The Bertz CT molecular complexity index is 4070. The third kappa shape index (κ3) is 5.98. The van der Waals surface area contributed by atoms with Gasteiger partial charge in [0.15, 0.2) is 0 Å². The second kappa shape index (κ2) is 15.0. The van der Waals surface area contributed by atoms with Crippen molar-refractivity contribution in [1.82, 2.24) is 0 Å². The minimum Gasteiger partial charge on any atom is -0.376 e. The Labute approximate surface area is 447 Å². The predicted molar refractivity (Wildman–Crippen MR) is 322 cm³/mol. The molecule has 2 nitrogen and oxygen atoms in total. The van der Waals surface area contributed by atoms with Crippen molar-refractivity contribution in [3.05, 3.63) is 220 Å². The first-order valence-corrected chi connectivity index (χ1v) is 28.2. The predicted octanol–water partition coefficient (Wildman–Crippen LogP) is 18.0. The fraction of sp³-hybridized carbons (Fsp3) is 0.239. The Morgan fingerprint density at radius 3 is 1.73 bits per heavy atom. The molecule has 1 aromatic heterocycles. The smallest absolute Gasteiger partial charge is 0.333 e. The standard InChI is InChI=1S/C71H63BN2S/c1-67(2,3)43-31-33-58(48(37-43)42-21-12-11-13-22-42)73-60-39-44(68(4,5)6)38-49-47-25-20-29-54-65(47)74(59-30-19-18-28-53(59)71(54)51-26-16-14-23-45(51)46-24-15-17-27-52(46)71)72(64(49)60)57-32-34-61-63(66(57)73)50-40-55-56(41-62(50)75-61)70(9,10)36-35-69(55,7)8/h11-34,37-41H,35-36H2,1-10H3. The molecular weight excluding hydrogens is 924 g/mol. The van der Waals surface area contributed by atoms with Crippen LogP contribution < -0.4 is 20.6 Å². The monoisotopic (exact) mass is 986 g/mol. The maximum Gasteiger partial charge on any atom is 0.333 e. The first-order valence-electron chi connectivity index (χ1n) is 27.4. The van der Waals surface area contributed by atoms with Crippen LogP contribution in [0, 0.1) is 0 Å². The van der Waals surface area contributed by atoms with Gasteiger partial charge in [-0.3, -0.25) is 0 Å². The van der Waals surface area contributed by atoms with E-state index in [1.807, 2.05) is 11.3 Å². The van der Waals surface area contributed by atoms with Gasteiger partial charge in [-0.1, -0.05) is 203 Å². The zero-order valence-corrected chi connectivity index (χ0v) is 45.9. The average Bonchev–Trinajstić information content (AvgIpc) is 3.92. The highest BCUT2D eigenvalue weighted by Crippen LogP contribution is 2.65. The summed E-state index contributed by atoms with van der Waals surface area (Å²) >= 11 is 1.98. The van der Waals surface area contributed by atoms with Crippen molar-refractivity contribution in [2.24, 2.45) is 0 Å². The van der Waals surface area contributed by atoms with E-state index in [4.69, 9.17) is 0 Å². The summed E-state index contributed by atoms with van der Waals surface area (Å²) in [6.07, 6.45) is 2.36. The number of thiophene rings is 1. The van der Waals surface area contributed by atoms with Crippen LogP contribution in [0.4, 0.5) is 28.4 Å². The van der Waals surface area contributed by atoms with E-state index in [1.165, 1.54) is 150 Å². The first-order chi connectivity index (χ1) is 36.0. The molecular formula is C71H63BN2S. The molecule has 15 rings (SSSR count). The maximum absolute atomic E-state index is 2.81. The van der Waals surface area contributed by atoms with Gasteiger partial charge in [0.2, 0.25) is 0 Å². The van der Waals surface area contributed by atoms with E-state index in [9.17, 15) is 0 Å². The van der Waals surface area contributed by atoms with Crippen molar-refractivity contribution in [3.63, 3.8) is 0 Å². The third-order valence-electron chi connectivity index (χ3n) is 18.6. The van der Waals surface area contributed by atoms with Crippen LogP contribution in [-0.2, 0) is 27.1 Å². The Morgan fingerprint density at radius 2 is 1.04 bits per heavy atom. The highest BCUT2D eigenvalue weighted by molar-refractivity contribution is 7.26. The lowest BCUT2D eigenvalue weighted by Crippen LogP contribution is -2.63. The Hall–Kier alpha value is -7.14. The minimum absolute atomic E-state index is 0.0461. The van der Waals surface area contributed by atoms with Crippen molar-refractivity contribution < 1.29 is 0 Å². The molecule has 3 aliphatic heterocycles. The molecule has 2 aliphatic carbocycles. The second-order valence-electron chi connectivity index (χ2n) is 25.9.